The molecule has 0 saturated carbocycles. The van der Waals surface area contributed by atoms with Crippen LogP contribution in [0.5, 0.6) is 11.5 Å². The van der Waals surface area contributed by atoms with Crippen molar-refractivity contribution in [1.29, 1.82) is 0 Å². The molecule has 0 radical (unpaired) electrons. The Labute approximate surface area is 192 Å². The molecule has 33 heavy (non-hydrogen) atoms. The third-order valence-electron chi connectivity index (χ3n) is 5.87. The molecule has 1 unspecified atom stereocenters. The van der Waals surface area contributed by atoms with E-state index in [0.717, 1.165) is 11.1 Å². The predicted molar refractivity (Wildman–Crippen MR) is 125 cm³/mol. The van der Waals surface area contributed by atoms with Crippen molar-refractivity contribution in [1.82, 2.24) is 4.90 Å². The van der Waals surface area contributed by atoms with Gasteiger partial charge in [0, 0.05) is 12.1 Å². The van der Waals surface area contributed by atoms with E-state index in [1.807, 2.05) is 49.4 Å². The minimum atomic E-state index is -0.815. The summed E-state index contributed by atoms with van der Waals surface area (Å²) in [5.41, 5.74) is 3.07. The highest BCUT2D eigenvalue weighted by Crippen LogP contribution is 2.41. The maximum atomic E-state index is 13.1. The Morgan fingerprint density at radius 3 is 2.36 bits per heavy atom. The van der Waals surface area contributed by atoms with E-state index in [-0.39, 0.29) is 29.4 Å². The van der Waals surface area contributed by atoms with Crippen molar-refractivity contribution in [2.75, 3.05) is 13.7 Å². The third kappa shape index (κ3) is 4.32. The Kier molecular flexibility index (Phi) is 6.18. The summed E-state index contributed by atoms with van der Waals surface area (Å²) in [5, 5.41) is 21.2. The van der Waals surface area contributed by atoms with Crippen LogP contribution in [0.1, 0.15) is 28.3 Å². The number of aromatic hydroxyl groups is 1. The number of ketones is 1. The van der Waals surface area contributed by atoms with E-state index in [9.17, 15) is 19.8 Å². The normalized spacial score (nSPS) is 17.4. The number of carbonyl (C=O) groups excluding carboxylic acids is 2. The summed E-state index contributed by atoms with van der Waals surface area (Å²) in [6.45, 7) is 2.21. The largest absolute Gasteiger partial charge is 0.507 e. The smallest absolute Gasteiger partial charge is 0.295 e. The van der Waals surface area contributed by atoms with Gasteiger partial charge in [-0.1, -0.05) is 66.2 Å². The first kappa shape index (κ1) is 22.1. The molecule has 6 nitrogen and oxygen atoms in total. The molecule has 1 saturated heterocycles. The van der Waals surface area contributed by atoms with Gasteiger partial charge in [0.2, 0.25) is 0 Å². The topological polar surface area (TPSA) is 87.1 Å². The minimum Gasteiger partial charge on any atom is -0.507 e. The quantitative estimate of drug-likeness (QED) is 0.336. The van der Waals surface area contributed by atoms with Crippen molar-refractivity contribution in [3.05, 3.63) is 101 Å². The fourth-order valence-electron chi connectivity index (χ4n) is 4.08. The molecular formula is C27H25NO5. The molecule has 1 aliphatic rings. The zero-order valence-corrected chi connectivity index (χ0v) is 18.5. The number of likely N-dealkylation sites (tertiary alicyclic amines) is 1. The maximum absolute atomic E-state index is 13.1. The van der Waals surface area contributed by atoms with Crippen LogP contribution in [0.4, 0.5) is 0 Å². The molecule has 2 N–H and O–H groups in total. The molecule has 4 rings (SSSR count). The lowest BCUT2D eigenvalue weighted by molar-refractivity contribution is -0.139. The number of amides is 1. The van der Waals surface area contributed by atoms with Gasteiger partial charge in [0.1, 0.15) is 5.76 Å². The van der Waals surface area contributed by atoms with Crippen LogP contribution in [0, 0.1) is 6.92 Å². The van der Waals surface area contributed by atoms with E-state index in [0.29, 0.717) is 17.5 Å². The van der Waals surface area contributed by atoms with Crippen LogP contribution in [-0.4, -0.2) is 40.5 Å². The summed E-state index contributed by atoms with van der Waals surface area (Å²) in [7, 11) is 1.43. The molecule has 1 heterocycles. The van der Waals surface area contributed by atoms with Crippen LogP contribution in [0.25, 0.3) is 5.76 Å². The van der Waals surface area contributed by atoms with Crippen molar-refractivity contribution in [3.63, 3.8) is 0 Å². The Hall–Kier alpha value is -4.06. The summed E-state index contributed by atoms with van der Waals surface area (Å²) in [5.74, 6) is -1.47. The van der Waals surface area contributed by atoms with Gasteiger partial charge in [0.25, 0.3) is 11.7 Å². The van der Waals surface area contributed by atoms with Crippen LogP contribution in [0.2, 0.25) is 0 Å². The molecule has 0 spiro atoms. The van der Waals surface area contributed by atoms with Gasteiger partial charge in [-0.3, -0.25) is 9.59 Å². The average Bonchev–Trinajstić information content (AvgIpc) is 3.08. The van der Waals surface area contributed by atoms with Crippen LogP contribution < -0.4 is 4.74 Å². The molecule has 6 heteroatoms. The van der Waals surface area contributed by atoms with Gasteiger partial charge in [0.15, 0.2) is 11.5 Å². The number of ether oxygens (including phenoxy) is 1. The molecule has 0 aliphatic carbocycles. The number of methoxy groups -OCH3 is 1. The average molecular weight is 443 g/mol. The van der Waals surface area contributed by atoms with E-state index in [2.05, 4.69) is 0 Å². The van der Waals surface area contributed by atoms with Gasteiger partial charge >= 0.3 is 0 Å². The SMILES string of the molecule is COc1cc(C2C(=C(O)c3ccc(C)cc3)C(=O)C(=O)N2CCc2ccccc2)ccc1O. The van der Waals surface area contributed by atoms with Crippen molar-refractivity contribution in [2.45, 2.75) is 19.4 Å². The summed E-state index contributed by atoms with van der Waals surface area (Å²) in [6.07, 6.45) is 0.546. The minimum absolute atomic E-state index is 0.0182. The fraction of sp³-hybridized carbons (Fsp3) is 0.185. The number of aryl methyl sites for hydroxylation is 1. The van der Waals surface area contributed by atoms with E-state index in [4.69, 9.17) is 4.74 Å². The number of aliphatic hydroxyl groups is 1. The maximum Gasteiger partial charge on any atom is 0.295 e. The summed E-state index contributed by atoms with van der Waals surface area (Å²) < 4.78 is 5.24. The lowest BCUT2D eigenvalue weighted by Gasteiger charge is -2.26. The van der Waals surface area contributed by atoms with E-state index >= 15 is 0 Å². The highest BCUT2D eigenvalue weighted by molar-refractivity contribution is 6.46. The Balaban J connectivity index is 1.82. The summed E-state index contributed by atoms with van der Waals surface area (Å²) in [6, 6.07) is 20.6. The van der Waals surface area contributed by atoms with Crippen molar-refractivity contribution in [3.8, 4) is 11.5 Å². The van der Waals surface area contributed by atoms with Gasteiger partial charge in [-0.15, -0.1) is 0 Å². The van der Waals surface area contributed by atoms with Gasteiger partial charge in [-0.25, -0.2) is 0 Å². The molecule has 3 aromatic rings. The predicted octanol–water partition coefficient (Wildman–Crippen LogP) is 4.37. The molecule has 0 bridgehead atoms. The van der Waals surface area contributed by atoms with Crippen molar-refractivity contribution in [2.24, 2.45) is 0 Å². The molecule has 1 fully saturated rings. The van der Waals surface area contributed by atoms with Crippen molar-refractivity contribution >= 4 is 17.4 Å². The van der Waals surface area contributed by atoms with Gasteiger partial charge < -0.3 is 19.8 Å². The Bertz CT molecular complexity index is 1220. The zero-order valence-electron chi connectivity index (χ0n) is 18.5. The lowest BCUT2D eigenvalue weighted by Crippen LogP contribution is -2.31. The molecule has 1 atom stereocenters. The van der Waals surface area contributed by atoms with Crippen molar-refractivity contribution < 1.29 is 24.5 Å². The first-order chi connectivity index (χ1) is 15.9. The Morgan fingerprint density at radius 2 is 1.70 bits per heavy atom. The zero-order chi connectivity index (χ0) is 23.5. The molecule has 168 valence electrons. The highest BCUT2D eigenvalue weighted by Gasteiger charge is 2.46. The number of rotatable bonds is 6. The van der Waals surface area contributed by atoms with E-state index in [1.165, 1.54) is 18.1 Å². The first-order valence-electron chi connectivity index (χ1n) is 10.7. The lowest BCUT2D eigenvalue weighted by atomic mass is 9.94. The van der Waals surface area contributed by atoms with Crippen LogP contribution in [0.3, 0.4) is 0 Å². The molecule has 1 aliphatic heterocycles. The van der Waals surface area contributed by atoms with E-state index < -0.39 is 17.7 Å². The highest BCUT2D eigenvalue weighted by atomic mass is 16.5. The van der Waals surface area contributed by atoms with Gasteiger partial charge in [-0.05, 0) is 36.6 Å². The molecule has 3 aromatic carbocycles. The number of hydrogen-bond donors (Lipinski definition) is 2. The Morgan fingerprint density at radius 1 is 1.00 bits per heavy atom. The van der Waals surface area contributed by atoms with E-state index in [1.54, 1.807) is 24.3 Å². The number of nitrogens with zero attached hydrogens (tertiary/aromatic N) is 1. The van der Waals surface area contributed by atoms with Crippen LogP contribution in [-0.2, 0) is 16.0 Å². The molecule has 1 amide bonds. The third-order valence-corrected chi connectivity index (χ3v) is 5.87. The number of Topliss-reactive ketones (excluding diaryl/α,β-unsaturated/α-hetero) is 1. The second kappa shape index (κ2) is 9.20. The number of phenols is 1. The fourth-order valence-corrected chi connectivity index (χ4v) is 4.08. The number of hydrogen-bond acceptors (Lipinski definition) is 5. The number of aliphatic hydroxyl groups excluding tert-OH is 1. The first-order valence-corrected chi connectivity index (χ1v) is 10.7. The molecular weight excluding hydrogens is 418 g/mol. The molecule has 0 aromatic heterocycles. The standard InChI is InChI=1S/C27H25NO5/c1-17-8-10-19(11-9-17)25(30)23-24(20-12-13-21(29)22(16-20)33-2)28(27(32)26(23)31)15-14-18-6-4-3-5-7-18/h3-13,16,24,29-30H,14-15H2,1-2H3. The number of benzene rings is 3. The summed E-state index contributed by atoms with van der Waals surface area (Å²) >= 11 is 0. The van der Waals surface area contributed by atoms with Gasteiger partial charge in [0.05, 0.1) is 18.7 Å². The number of phenolic OH excluding ortho intramolecular Hbond substituents is 1. The second-order valence-electron chi connectivity index (χ2n) is 8.03. The van der Waals surface area contributed by atoms with Gasteiger partial charge in [-0.2, -0.15) is 0 Å². The van der Waals surface area contributed by atoms with Crippen LogP contribution >= 0.6 is 0 Å². The second-order valence-corrected chi connectivity index (χ2v) is 8.03. The van der Waals surface area contributed by atoms with Crippen LogP contribution in [0.15, 0.2) is 78.4 Å². The summed E-state index contributed by atoms with van der Waals surface area (Å²) in [4.78, 5) is 27.7. The monoisotopic (exact) mass is 443 g/mol. The number of carbonyl (C=O) groups is 2.